The number of ether oxygens (including phenoxy) is 1. The maximum atomic E-state index is 13.3. The van der Waals surface area contributed by atoms with Gasteiger partial charge in [-0.25, -0.2) is 13.2 Å². The van der Waals surface area contributed by atoms with Gasteiger partial charge in [-0.05, 0) is 56.5 Å². The molecule has 0 radical (unpaired) electrons. The number of hydrogen-bond acceptors (Lipinski definition) is 5. The lowest BCUT2D eigenvalue weighted by Crippen LogP contribution is -2.17. The second-order valence-electron chi connectivity index (χ2n) is 6.80. The van der Waals surface area contributed by atoms with E-state index in [1.165, 1.54) is 0 Å². The molecule has 0 saturated carbocycles. The van der Waals surface area contributed by atoms with E-state index >= 15 is 0 Å². The van der Waals surface area contributed by atoms with Crippen LogP contribution in [0.25, 0.3) is 11.1 Å². The van der Waals surface area contributed by atoms with Crippen LogP contribution in [0.5, 0.6) is 0 Å². The Kier molecular flexibility index (Phi) is 6.10. The van der Waals surface area contributed by atoms with Crippen molar-refractivity contribution in [2.24, 2.45) is 0 Å². The van der Waals surface area contributed by atoms with Gasteiger partial charge in [0.15, 0.2) is 0 Å². The molecule has 0 unspecified atom stereocenters. The zero-order valence-corrected chi connectivity index (χ0v) is 18.4. The number of aryl methyl sites for hydroxylation is 3. The SMILES string of the molecule is CCOC(=O)c1scc(-c2ccc(C)cc2)c1S(=O)(=O)Nc1ccc(C)c(C)c1. The van der Waals surface area contributed by atoms with Crippen LogP contribution in [0.4, 0.5) is 5.69 Å². The summed E-state index contributed by atoms with van der Waals surface area (Å²) in [6, 6.07) is 12.8. The van der Waals surface area contributed by atoms with E-state index in [1.807, 2.05) is 51.1 Å². The molecule has 0 bridgehead atoms. The molecule has 2 aromatic carbocycles. The van der Waals surface area contributed by atoms with Crippen LogP contribution in [0.1, 0.15) is 33.3 Å². The molecule has 7 heteroatoms. The average Bonchev–Trinajstić information content (AvgIpc) is 3.12. The normalized spacial score (nSPS) is 11.3. The van der Waals surface area contributed by atoms with Crippen LogP contribution in [-0.2, 0) is 14.8 Å². The standard InChI is InChI=1S/C22H23NO4S2/c1-5-27-22(24)20-21(19(13-28-20)17-9-6-14(2)7-10-17)29(25,26)23-18-11-8-15(3)16(4)12-18/h6-13,23H,5H2,1-4H3. The first kappa shape index (κ1) is 21.1. The highest BCUT2D eigenvalue weighted by Gasteiger charge is 2.30. The summed E-state index contributed by atoms with van der Waals surface area (Å²) in [5.41, 5.74) is 4.75. The quantitative estimate of drug-likeness (QED) is 0.539. The van der Waals surface area contributed by atoms with Gasteiger partial charge in [0.2, 0.25) is 0 Å². The van der Waals surface area contributed by atoms with Crippen molar-refractivity contribution in [3.8, 4) is 11.1 Å². The van der Waals surface area contributed by atoms with Crippen LogP contribution in [0.2, 0.25) is 0 Å². The Morgan fingerprint density at radius 2 is 1.72 bits per heavy atom. The molecule has 0 aliphatic rings. The highest BCUT2D eigenvalue weighted by atomic mass is 32.2. The molecular weight excluding hydrogens is 406 g/mol. The first-order chi connectivity index (χ1) is 13.7. The summed E-state index contributed by atoms with van der Waals surface area (Å²) in [6.07, 6.45) is 0. The summed E-state index contributed by atoms with van der Waals surface area (Å²) in [5, 5.41) is 1.69. The van der Waals surface area contributed by atoms with Crippen LogP contribution >= 0.6 is 11.3 Å². The van der Waals surface area contributed by atoms with Gasteiger partial charge in [0.1, 0.15) is 9.77 Å². The molecule has 0 atom stereocenters. The third-order valence-electron chi connectivity index (χ3n) is 4.60. The topological polar surface area (TPSA) is 72.5 Å². The number of sulfonamides is 1. The van der Waals surface area contributed by atoms with Crippen molar-refractivity contribution < 1.29 is 17.9 Å². The molecular formula is C22H23NO4S2. The minimum Gasteiger partial charge on any atom is -0.462 e. The molecule has 0 aliphatic carbocycles. The molecule has 29 heavy (non-hydrogen) atoms. The molecule has 5 nitrogen and oxygen atoms in total. The minimum absolute atomic E-state index is 0.0527. The Hall–Kier alpha value is -2.64. The molecule has 0 fully saturated rings. The molecule has 1 N–H and O–H groups in total. The maximum absolute atomic E-state index is 13.3. The summed E-state index contributed by atoms with van der Waals surface area (Å²) in [5.74, 6) is -0.642. The van der Waals surface area contributed by atoms with Gasteiger partial charge in [-0.1, -0.05) is 35.9 Å². The molecule has 0 aliphatic heterocycles. The van der Waals surface area contributed by atoms with Crippen LogP contribution in [0.15, 0.2) is 52.7 Å². The lowest BCUT2D eigenvalue weighted by atomic mass is 10.1. The van der Waals surface area contributed by atoms with E-state index in [1.54, 1.807) is 24.4 Å². The summed E-state index contributed by atoms with van der Waals surface area (Å²) in [4.78, 5) is 12.5. The summed E-state index contributed by atoms with van der Waals surface area (Å²) >= 11 is 1.07. The highest BCUT2D eigenvalue weighted by Crippen LogP contribution is 2.37. The fourth-order valence-corrected chi connectivity index (χ4v) is 5.64. The van der Waals surface area contributed by atoms with E-state index in [0.29, 0.717) is 11.3 Å². The minimum atomic E-state index is -4.02. The first-order valence-electron chi connectivity index (χ1n) is 9.18. The van der Waals surface area contributed by atoms with Crippen LogP contribution in [-0.4, -0.2) is 21.0 Å². The number of rotatable bonds is 6. The van der Waals surface area contributed by atoms with Gasteiger partial charge >= 0.3 is 5.97 Å². The smallest absolute Gasteiger partial charge is 0.349 e. The second kappa shape index (κ2) is 8.39. The summed E-state index contributed by atoms with van der Waals surface area (Å²) in [6.45, 7) is 7.69. The van der Waals surface area contributed by atoms with Crippen molar-refractivity contribution in [2.75, 3.05) is 11.3 Å². The van der Waals surface area contributed by atoms with E-state index in [0.717, 1.165) is 33.6 Å². The van der Waals surface area contributed by atoms with E-state index < -0.39 is 16.0 Å². The Balaban J connectivity index is 2.13. The van der Waals surface area contributed by atoms with Crippen molar-refractivity contribution in [3.63, 3.8) is 0 Å². The predicted octanol–water partition coefficient (Wildman–Crippen LogP) is 5.32. The van der Waals surface area contributed by atoms with Gasteiger partial charge in [-0.15, -0.1) is 11.3 Å². The Labute approximate surface area is 175 Å². The molecule has 0 amide bonds. The van der Waals surface area contributed by atoms with E-state index in [9.17, 15) is 13.2 Å². The number of esters is 1. The van der Waals surface area contributed by atoms with Gasteiger partial charge in [-0.2, -0.15) is 0 Å². The molecule has 3 rings (SSSR count). The fraction of sp³-hybridized carbons (Fsp3) is 0.227. The van der Waals surface area contributed by atoms with Crippen LogP contribution in [0.3, 0.4) is 0 Å². The number of anilines is 1. The average molecular weight is 430 g/mol. The monoisotopic (exact) mass is 429 g/mol. The number of benzene rings is 2. The predicted molar refractivity (Wildman–Crippen MR) is 117 cm³/mol. The fourth-order valence-electron chi connectivity index (χ4n) is 2.89. The van der Waals surface area contributed by atoms with Crippen LogP contribution < -0.4 is 4.72 Å². The van der Waals surface area contributed by atoms with E-state index in [-0.39, 0.29) is 16.4 Å². The van der Waals surface area contributed by atoms with Gasteiger partial charge < -0.3 is 4.74 Å². The van der Waals surface area contributed by atoms with E-state index in [4.69, 9.17) is 4.74 Å². The van der Waals surface area contributed by atoms with Crippen molar-refractivity contribution in [1.82, 2.24) is 0 Å². The number of nitrogens with one attached hydrogen (secondary N) is 1. The van der Waals surface area contributed by atoms with Crippen molar-refractivity contribution in [3.05, 3.63) is 69.4 Å². The number of carbonyl (C=O) groups excluding carboxylic acids is 1. The molecule has 0 spiro atoms. The molecule has 1 heterocycles. The largest absolute Gasteiger partial charge is 0.462 e. The third kappa shape index (κ3) is 4.52. The number of carbonyl (C=O) groups is 1. The summed E-state index contributed by atoms with van der Waals surface area (Å²) in [7, 11) is -4.02. The van der Waals surface area contributed by atoms with Gasteiger partial charge in [0.25, 0.3) is 10.0 Å². The summed E-state index contributed by atoms with van der Waals surface area (Å²) < 4.78 is 34.4. The van der Waals surface area contributed by atoms with Gasteiger partial charge in [0.05, 0.1) is 6.61 Å². The van der Waals surface area contributed by atoms with Crippen molar-refractivity contribution in [1.29, 1.82) is 0 Å². The lowest BCUT2D eigenvalue weighted by Gasteiger charge is -2.13. The number of hydrogen-bond donors (Lipinski definition) is 1. The maximum Gasteiger partial charge on any atom is 0.349 e. The van der Waals surface area contributed by atoms with Crippen molar-refractivity contribution >= 4 is 33.0 Å². The Morgan fingerprint density at radius 3 is 2.34 bits per heavy atom. The van der Waals surface area contributed by atoms with Gasteiger partial charge in [-0.3, -0.25) is 4.72 Å². The zero-order chi connectivity index (χ0) is 21.2. The Bertz CT molecular complexity index is 1150. The van der Waals surface area contributed by atoms with Crippen LogP contribution in [0, 0.1) is 20.8 Å². The first-order valence-corrected chi connectivity index (χ1v) is 11.5. The molecule has 152 valence electrons. The second-order valence-corrected chi connectivity index (χ2v) is 9.30. The van der Waals surface area contributed by atoms with Crippen molar-refractivity contribution in [2.45, 2.75) is 32.6 Å². The van der Waals surface area contributed by atoms with Gasteiger partial charge in [0, 0.05) is 16.6 Å². The highest BCUT2D eigenvalue weighted by molar-refractivity contribution is 7.93. The molecule has 3 aromatic rings. The molecule has 1 aromatic heterocycles. The molecule has 0 saturated heterocycles. The number of thiophene rings is 1. The Morgan fingerprint density at radius 1 is 1.03 bits per heavy atom. The third-order valence-corrected chi connectivity index (χ3v) is 7.15. The lowest BCUT2D eigenvalue weighted by molar-refractivity contribution is 0.0528. The zero-order valence-electron chi connectivity index (χ0n) is 16.8. The van der Waals surface area contributed by atoms with E-state index in [2.05, 4.69) is 4.72 Å².